The second-order valence-corrected chi connectivity index (χ2v) is 7.06. The van der Waals surface area contributed by atoms with Crippen LogP contribution in [0.25, 0.3) is 10.8 Å². The molecule has 1 unspecified atom stereocenters. The van der Waals surface area contributed by atoms with Gasteiger partial charge in [0.15, 0.2) is 5.60 Å². The second-order valence-electron chi connectivity index (χ2n) is 7.06. The minimum absolute atomic E-state index is 0.181. The van der Waals surface area contributed by atoms with E-state index in [-0.39, 0.29) is 11.6 Å². The number of carbonyl (C=O) groups excluding carboxylic acids is 3. The fourth-order valence-electron chi connectivity index (χ4n) is 3.52. The van der Waals surface area contributed by atoms with Crippen molar-refractivity contribution in [1.29, 1.82) is 0 Å². The van der Waals surface area contributed by atoms with E-state index in [1.165, 1.54) is 6.92 Å². The summed E-state index contributed by atoms with van der Waals surface area (Å²) in [6, 6.07) is 21.6. The summed E-state index contributed by atoms with van der Waals surface area (Å²) in [5.41, 5.74) is -0.480. The Morgan fingerprint density at radius 3 is 2.33 bits per heavy atom. The standard InChI is InChI=1S/C24H19NO5/c1-15(26)29-20-21(27)24(2,19-14-8-12-16-9-6-7-13-18(16)19)30-23(20)25-22(28)17-10-4-3-5-11-17/h3-14H,1-2H3,(H,25,28). The predicted octanol–water partition coefficient (Wildman–Crippen LogP) is 3.82. The second kappa shape index (κ2) is 7.48. The van der Waals surface area contributed by atoms with Crippen molar-refractivity contribution in [3.8, 4) is 0 Å². The molecule has 6 heteroatoms. The average Bonchev–Trinajstić information content (AvgIpc) is 2.98. The van der Waals surface area contributed by atoms with E-state index in [9.17, 15) is 14.4 Å². The molecule has 150 valence electrons. The average molecular weight is 401 g/mol. The van der Waals surface area contributed by atoms with Crippen molar-refractivity contribution in [3.05, 3.63) is 95.6 Å². The zero-order chi connectivity index (χ0) is 21.3. The summed E-state index contributed by atoms with van der Waals surface area (Å²) in [5, 5.41) is 4.34. The molecule has 4 rings (SSSR count). The van der Waals surface area contributed by atoms with Crippen LogP contribution < -0.4 is 5.32 Å². The zero-order valence-electron chi connectivity index (χ0n) is 16.5. The van der Waals surface area contributed by atoms with E-state index in [2.05, 4.69) is 5.32 Å². The largest absolute Gasteiger partial charge is 0.456 e. The lowest BCUT2D eigenvalue weighted by molar-refractivity contribution is -0.142. The first-order valence-electron chi connectivity index (χ1n) is 9.41. The van der Waals surface area contributed by atoms with Gasteiger partial charge in [-0.15, -0.1) is 0 Å². The van der Waals surface area contributed by atoms with Crippen LogP contribution in [0.3, 0.4) is 0 Å². The van der Waals surface area contributed by atoms with Crippen LogP contribution in [0.5, 0.6) is 0 Å². The number of fused-ring (bicyclic) bond motifs is 1. The Kier molecular flexibility index (Phi) is 4.83. The van der Waals surface area contributed by atoms with Crippen LogP contribution in [0.4, 0.5) is 0 Å². The maximum Gasteiger partial charge on any atom is 0.308 e. The van der Waals surface area contributed by atoms with Gasteiger partial charge < -0.3 is 9.47 Å². The molecule has 0 aromatic heterocycles. The maximum atomic E-state index is 13.3. The topological polar surface area (TPSA) is 81.7 Å². The molecule has 1 N–H and O–H groups in total. The van der Waals surface area contributed by atoms with Crippen LogP contribution >= 0.6 is 0 Å². The lowest BCUT2D eigenvalue weighted by atomic mass is 9.87. The molecular formula is C24H19NO5. The Bertz CT molecular complexity index is 1190. The van der Waals surface area contributed by atoms with Crippen LogP contribution in [0.1, 0.15) is 29.8 Å². The third kappa shape index (κ3) is 3.33. The molecule has 0 saturated heterocycles. The van der Waals surface area contributed by atoms with Gasteiger partial charge in [0.05, 0.1) is 0 Å². The molecule has 3 aromatic carbocycles. The predicted molar refractivity (Wildman–Crippen MR) is 110 cm³/mol. The monoisotopic (exact) mass is 401 g/mol. The Morgan fingerprint density at radius 1 is 0.933 bits per heavy atom. The molecule has 1 heterocycles. The highest BCUT2D eigenvalue weighted by molar-refractivity contribution is 6.07. The van der Waals surface area contributed by atoms with E-state index in [0.717, 1.165) is 10.8 Å². The number of hydrogen-bond acceptors (Lipinski definition) is 5. The van der Waals surface area contributed by atoms with Gasteiger partial charge in [-0.2, -0.15) is 0 Å². The maximum absolute atomic E-state index is 13.3. The number of Topliss-reactive ketones (excluding diaryl/α,β-unsaturated/α-hetero) is 1. The van der Waals surface area contributed by atoms with Crippen LogP contribution in [0.15, 0.2) is 84.4 Å². The minimum Gasteiger partial charge on any atom is -0.456 e. The Labute approximate surface area is 173 Å². The summed E-state index contributed by atoms with van der Waals surface area (Å²) in [4.78, 5) is 37.6. The van der Waals surface area contributed by atoms with Gasteiger partial charge in [-0.05, 0) is 29.8 Å². The van der Waals surface area contributed by atoms with E-state index in [1.807, 2.05) is 36.4 Å². The third-order valence-electron chi connectivity index (χ3n) is 4.96. The first-order chi connectivity index (χ1) is 14.4. The fourth-order valence-corrected chi connectivity index (χ4v) is 3.52. The van der Waals surface area contributed by atoms with E-state index >= 15 is 0 Å². The molecule has 0 spiro atoms. The number of amides is 1. The lowest BCUT2D eigenvalue weighted by Gasteiger charge is -2.25. The molecule has 0 radical (unpaired) electrons. The van der Waals surface area contributed by atoms with Crippen LogP contribution in [0.2, 0.25) is 0 Å². The SMILES string of the molecule is CC(=O)OC1=C(NC(=O)c2ccccc2)OC(C)(c2cccc3ccccc23)C1=O. The number of carbonyl (C=O) groups is 3. The molecule has 6 nitrogen and oxygen atoms in total. The van der Waals surface area contributed by atoms with Crippen molar-refractivity contribution in [1.82, 2.24) is 5.32 Å². The van der Waals surface area contributed by atoms with Gasteiger partial charge in [0.25, 0.3) is 11.7 Å². The lowest BCUT2D eigenvalue weighted by Crippen LogP contribution is -2.32. The number of benzene rings is 3. The van der Waals surface area contributed by atoms with Crippen molar-refractivity contribution in [2.45, 2.75) is 19.4 Å². The smallest absolute Gasteiger partial charge is 0.308 e. The summed E-state index contributed by atoms with van der Waals surface area (Å²) in [5.74, 6) is -2.21. The Morgan fingerprint density at radius 2 is 1.60 bits per heavy atom. The Balaban J connectivity index is 1.75. The first-order valence-corrected chi connectivity index (χ1v) is 9.41. The van der Waals surface area contributed by atoms with Crippen LogP contribution in [-0.4, -0.2) is 17.7 Å². The molecule has 0 fully saturated rings. The van der Waals surface area contributed by atoms with Gasteiger partial charge in [0.2, 0.25) is 11.6 Å². The van der Waals surface area contributed by atoms with E-state index in [4.69, 9.17) is 9.47 Å². The summed E-state index contributed by atoms with van der Waals surface area (Å²) < 4.78 is 11.1. The van der Waals surface area contributed by atoms with Gasteiger partial charge in [-0.3, -0.25) is 19.7 Å². The van der Waals surface area contributed by atoms with E-state index < -0.39 is 23.3 Å². The quantitative estimate of drug-likeness (QED) is 0.672. The normalized spacial score (nSPS) is 18.3. The van der Waals surface area contributed by atoms with Gasteiger partial charge >= 0.3 is 5.97 Å². The molecular weight excluding hydrogens is 382 g/mol. The highest BCUT2D eigenvalue weighted by atomic mass is 16.6. The number of esters is 1. The van der Waals surface area contributed by atoms with Crippen molar-refractivity contribution >= 4 is 28.4 Å². The fraction of sp³-hybridized carbons (Fsp3) is 0.125. The van der Waals surface area contributed by atoms with Crippen molar-refractivity contribution in [2.75, 3.05) is 0 Å². The highest BCUT2D eigenvalue weighted by Gasteiger charge is 2.50. The third-order valence-corrected chi connectivity index (χ3v) is 4.96. The molecule has 1 amide bonds. The van der Waals surface area contributed by atoms with Gasteiger partial charge in [-0.1, -0.05) is 60.7 Å². The molecule has 3 aromatic rings. The van der Waals surface area contributed by atoms with Crippen molar-refractivity contribution in [3.63, 3.8) is 0 Å². The summed E-state index contributed by atoms with van der Waals surface area (Å²) in [6.07, 6.45) is 0. The van der Waals surface area contributed by atoms with Crippen molar-refractivity contribution < 1.29 is 23.9 Å². The number of ketones is 1. The summed E-state index contributed by atoms with van der Waals surface area (Å²) in [7, 11) is 0. The molecule has 1 aliphatic heterocycles. The van der Waals surface area contributed by atoms with Crippen molar-refractivity contribution in [2.24, 2.45) is 0 Å². The zero-order valence-corrected chi connectivity index (χ0v) is 16.5. The number of ether oxygens (including phenoxy) is 2. The van der Waals surface area contributed by atoms with Crippen LogP contribution in [-0.2, 0) is 24.7 Å². The van der Waals surface area contributed by atoms with E-state index in [1.54, 1.807) is 43.3 Å². The molecule has 0 bridgehead atoms. The van der Waals surface area contributed by atoms with Gasteiger partial charge in [0, 0.05) is 18.1 Å². The minimum atomic E-state index is -1.47. The summed E-state index contributed by atoms with van der Waals surface area (Å²) >= 11 is 0. The molecule has 1 aliphatic rings. The Hall–Kier alpha value is -3.93. The number of nitrogens with one attached hydrogen (secondary N) is 1. The number of rotatable bonds is 4. The first kappa shape index (κ1) is 19.4. The molecule has 30 heavy (non-hydrogen) atoms. The molecule has 0 saturated carbocycles. The molecule has 0 aliphatic carbocycles. The molecule has 1 atom stereocenters. The van der Waals surface area contributed by atoms with E-state index in [0.29, 0.717) is 11.1 Å². The highest BCUT2D eigenvalue weighted by Crippen LogP contribution is 2.41. The number of hydrogen-bond donors (Lipinski definition) is 1. The summed E-state index contributed by atoms with van der Waals surface area (Å²) in [6.45, 7) is 2.78. The van der Waals surface area contributed by atoms with Crippen LogP contribution in [0, 0.1) is 0 Å². The van der Waals surface area contributed by atoms with Gasteiger partial charge in [-0.25, -0.2) is 0 Å². The van der Waals surface area contributed by atoms with Gasteiger partial charge in [0.1, 0.15) is 0 Å².